The minimum Gasteiger partial charge on any atom is -0.493 e. The van der Waals surface area contributed by atoms with Gasteiger partial charge in [0.05, 0.1) is 14.2 Å². The summed E-state index contributed by atoms with van der Waals surface area (Å²) in [4.78, 5) is 18.5. The Labute approximate surface area is 153 Å². The standard InChI is InChI=1S/C19H24N4O3/c1-25-16-6-5-14(11-17(16)26-2)22-15-4-3-9-23(12-15)19(24)13-7-8-21-18(20)10-13/h5-8,10-11,15,22H,3-4,9,12H2,1-2H3,(H2,20,21)/t15-/m1/s1. The van der Waals surface area contributed by atoms with Crippen molar-refractivity contribution in [2.45, 2.75) is 18.9 Å². The molecule has 26 heavy (non-hydrogen) atoms. The molecule has 0 spiro atoms. The number of methoxy groups -OCH3 is 2. The second kappa shape index (κ2) is 7.95. The minimum atomic E-state index is -0.0158. The molecule has 0 unspecified atom stereocenters. The maximum absolute atomic E-state index is 12.7. The molecule has 0 saturated carbocycles. The van der Waals surface area contributed by atoms with Crippen molar-refractivity contribution in [2.24, 2.45) is 0 Å². The van der Waals surface area contributed by atoms with Crippen molar-refractivity contribution in [1.29, 1.82) is 0 Å². The van der Waals surface area contributed by atoms with Crippen LogP contribution in [0.1, 0.15) is 23.2 Å². The van der Waals surface area contributed by atoms with Crippen molar-refractivity contribution in [2.75, 3.05) is 38.4 Å². The summed E-state index contributed by atoms with van der Waals surface area (Å²) in [5, 5.41) is 3.49. The summed E-state index contributed by atoms with van der Waals surface area (Å²) in [5.41, 5.74) is 7.20. The van der Waals surface area contributed by atoms with Crippen LogP contribution in [0.2, 0.25) is 0 Å². The van der Waals surface area contributed by atoms with E-state index in [0.29, 0.717) is 29.4 Å². The van der Waals surface area contributed by atoms with Crippen LogP contribution in [0.15, 0.2) is 36.5 Å². The Kier molecular flexibility index (Phi) is 5.46. The number of nitrogens with one attached hydrogen (secondary N) is 1. The summed E-state index contributed by atoms with van der Waals surface area (Å²) in [6.45, 7) is 1.38. The molecule has 2 aromatic rings. The molecule has 0 radical (unpaired) electrons. The Hall–Kier alpha value is -2.96. The number of aromatic nitrogens is 1. The van der Waals surface area contributed by atoms with E-state index in [0.717, 1.165) is 25.1 Å². The number of rotatable bonds is 5. The van der Waals surface area contributed by atoms with Gasteiger partial charge in [-0.15, -0.1) is 0 Å². The third-order valence-electron chi connectivity index (χ3n) is 4.49. The third-order valence-corrected chi connectivity index (χ3v) is 4.49. The number of nitrogens with two attached hydrogens (primary N) is 1. The first-order valence-corrected chi connectivity index (χ1v) is 8.60. The Morgan fingerprint density at radius 3 is 2.77 bits per heavy atom. The van der Waals surface area contributed by atoms with Crippen LogP contribution in [-0.2, 0) is 0 Å². The van der Waals surface area contributed by atoms with Crippen LogP contribution in [0, 0.1) is 0 Å². The summed E-state index contributed by atoms with van der Waals surface area (Å²) in [6, 6.07) is 9.21. The van der Waals surface area contributed by atoms with Gasteiger partial charge in [-0.3, -0.25) is 4.79 Å². The minimum absolute atomic E-state index is 0.0158. The van der Waals surface area contributed by atoms with Crippen LogP contribution in [-0.4, -0.2) is 49.1 Å². The van der Waals surface area contributed by atoms with Crippen molar-refractivity contribution in [1.82, 2.24) is 9.88 Å². The van der Waals surface area contributed by atoms with Gasteiger partial charge in [-0.25, -0.2) is 4.98 Å². The number of anilines is 2. The molecule has 2 heterocycles. The molecular weight excluding hydrogens is 332 g/mol. The molecule has 1 fully saturated rings. The number of amides is 1. The second-order valence-electron chi connectivity index (χ2n) is 6.27. The lowest BCUT2D eigenvalue weighted by Crippen LogP contribution is -2.45. The first kappa shape index (κ1) is 17.8. The highest BCUT2D eigenvalue weighted by Gasteiger charge is 2.24. The van der Waals surface area contributed by atoms with Crippen molar-refractivity contribution in [3.63, 3.8) is 0 Å². The summed E-state index contributed by atoms with van der Waals surface area (Å²) in [6.07, 6.45) is 3.50. The Morgan fingerprint density at radius 2 is 2.04 bits per heavy atom. The number of piperidine rings is 1. The molecule has 1 saturated heterocycles. The van der Waals surface area contributed by atoms with E-state index in [2.05, 4.69) is 10.3 Å². The average Bonchev–Trinajstić information content (AvgIpc) is 2.67. The van der Waals surface area contributed by atoms with Gasteiger partial charge in [-0.05, 0) is 37.1 Å². The van der Waals surface area contributed by atoms with Gasteiger partial charge in [0.2, 0.25) is 0 Å². The van der Waals surface area contributed by atoms with E-state index in [-0.39, 0.29) is 11.9 Å². The Bertz CT molecular complexity index is 781. The summed E-state index contributed by atoms with van der Waals surface area (Å²) < 4.78 is 10.6. The smallest absolute Gasteiger partial charge is 0.254 e. The van der Waals surface area contributed by atoms with Crippen LogP contribution in [0.3, 0.4) is 0 Å². The fourth-order valence-electron chi connectivity index (χ4n) is 3.21. The maximum Gasteiger partial charge on any atom is 0.254 e. The summed E-state index contributed by atoms with van der Waals surface area (Å²) in [5.74, 6) is 1.70. The molecular formula is C19H24N4O3. The number of nitrogen functional groups attached to an aromatic ring is 1. The lowest BCUT2D eigenvalue weighted by molar-refractivity contribution is 0.0714. The van der Waals surface area contributed by atoms with Crippen LogP contribution in [0.4, 0.5) is 11.5 Å². The van der Waals surface area contributed by atoms with E-state index in [1.54, 1.807) is 32.5 Å². The van der Waals surface area contributed by atoms with Crippen molar-refractivity contribution in [3.05, 3.63) is 42.1 Å². The number of likely N-dealkylation sites (tertiary alicyclic amines) is 1. The third kappa shape index (κ3) is 3.99. The largest absolute Gasteiger partial charge is 0.493 e. The van der Waals surface area contributed by atoms with E-state index in [9.17, 15) is 4.79 Å². The molecule has 1 aliphatic heterocycles. The van der Waals surface area contributed by atoms with E-state index >= 15 is 0 Å². The Balaban J connectivity index is 1.68. The van der Waals surface area contributed by atoms with E-state index < -0.39 is 0 Å². The van der Waals surface area contributed by atoms with Gasteiger partial charge in [0.15, 0.2) is 11.5 Å². The topological polar surface area (TPSA) is 89.7 Å². The van der Waals surface area contributed by atoms with Gasteiger partial charge in [-0.2, -0.15) is 0 Å². The number of carbonyl (C=O) groups is 1. The van der Waals surface area contributed by atoms with Crippen molar-refractivity contribution in [3.8, 4) is 11.5 Å². The highest BCUT2D eigenvalue weighted by Crippen LogP contribution is 2.30. The highest BCUT2D eigenvalue weighted by molar-refractivity contribution is 5.94. The predicted molar refractivity (Wildman–Crippen MR) is 101 cm³/mol. The van der Waals surface area contributed by atoms with Crippen LogP contribution in [0.5, 0.6) is 11.5 Å². The van der Waals surface area contributed by atoms with E-state index in [1.807, 2.05) is 23.1 Å². The monoisotopic (exact) mass is 356 g/mol. The average molecular weight is 356 g/mol. The molecule has 1 atom stereocenters. The molecule has 138 valence electrons. The first-order valence-electron chi connectivity index (χ1n) is 8.60. The van der Waals surface area contributed by atoms with Crippen LogP contribution < -0.4 is 20.5 Å². The number of hydrogen-bond donors (Lipinski definition) is 2. The van der Waals surface area contributed by atoms with Crippen molar-refractivity contribution < 1.29 is 14.3 Å². The molecule has 0 bridgehead atoms. The number of ether oxygens (including phenoxy) is 2. The molecule has 1 aromatic carbocycles. The number of nitrogens with zero attached hydrogens (tertiary/aromatic N) is 2. The zero-order chi connectivity index (χ0) is 18.5. The summed E-state index contributed by atoms with van der Waals surface area (Å²) >= 11 is 0. The predicted octanol–water partition coefficient (Wildman–Crippen LogP) is 2.40. The lowest BCUT2D eigenvalue weighted by Gasteiger charge is -2.34. The van der Waals surface area contributed by atoms with E-state index in [1.165, 1.54) is 0 Å². The summed E-state index contributed by atoms with van der Waals surface area (Å²) in [7, 11) is 3.23. The molecule has 1 aliphatic rings. The zero-order valence-electron chi connectivity index (χ0n) is 15.1. The normalized spacial score (nSPS) is 16.8. The molecule has 3 N–H and O–H groups in total. The lowest BCUT2D eigenvalue weighted by atomic mass is 10.0. The fourth-order valence-corrected chi connectivity index (χ4v) is 3.21. The molecule has 3 rings (SSSR count). The fraction of sp³-hybridized carbons (Fsp3) is 0.368. The number of hydrogen-bond acceptors (Lipinski definition) is 6. The van der Waals surface area contributed by atoms with Gasteiger partial charge >= 0.3 is 0 Å². The molecule has 0 aliphatic carbocycles. The number of benzene rings is 1. The molecule has 7 nitrogen and oxygen atoms in total. The Morgan fingerprint density at radius 1 is 1.23 bits per heavy atom. The van der Waals surface area contributed by atoms with Gasteiger partial charge in [0.1, 0.15) is 5.82 Å². The quantitative estimate of drug-likeness (QED) is 0.855. The van der Waals surface area contributed by atoms with Gasteiger partial charge in [-0.1, -0.05) is 0 Å². The van der Waals surface area contributed by atoms with Gasteiger partial charge in [0, 0.05) is 42.6 Å². The molecule has 1 amide bonds. The van der Waals surface area contributed by atoms with Gasteiger partial charge < -0.3 is 25.4 Å². The number of carbonyl (C=O) groups excluding carboxylic acids is 1. The van der Waals surface area contributed by atoms with Crippen molar-refractivity contribution >= 4 is 17.4 Å². The molecule has 1 aromatic heterocycles. The number of pyridine rings is 1. The zero-order valence-corrected chi connectivity index (χ0v) is 15.1. The highest BCUT2D eigenvalue weighted by atomic mass is 16.5. The molecule has 7 heteroatoms. The van der Waals surface area contributed by atoms with E-state index in [4.69, 9.17) is 15.2 Å². The first-order chi connectivity index (χ1) is 12.6. The maximum atomic E-state index is 12.7. The van der Waals surface area contributed by atoms with Crippen LogP contribution >= 0.6 is 0 Å². The SMILES string of the molecule is COc1ccc(N[C@@H]2CCCN(C(=O)c3ccnc(N)c3)C2)cc1OC. The van der Waals surface area contributed by atoms with Crippen LogP contribution in [0.25, 0.3) is 0 Å². The van der Waals surface area contributed by atoms with Gasteiger partial charge in [0.25, 0.3) is 5.91 Å². The second-order valence-corrected chi connectivity index (χ2v) is 6.27.